The number of thiophene rings is 1. The number of piperidine rings is 1. The van der Waals surface area contributed by atoms with E-state index in [0.29, 0.717) is 26.0 Å². The Morgan fingerprint density at radius 2 is 2.06 bits per heavy atom. The zero-order valence-corrected chi connectivity index (χ0v) is 19.0. The van der Waals surface area contributed by atoms with Crippen molar-refractivity contribution in [3.8, 4) is 0 Å². The summed E-state index contributed by atoms with van der Waals surface area (Å²) >= 11 is 0.940. The highest BCUT2D eigenvalue weighted by Gasteiger charge is 2.54. The minimum Gasteiger partial charge on any atom is -0.446 e. The molecule has 1 aromatic heterocycles. The fourth-order valence-electron chi connectivity index (χ4n) is 2.96. The van der Waals surface area contributed by atoms with Crippen LogP contribution in [0.5, 0.6) is 0 Å². The highest BCUT2D eigenvalue weighted by molar-refractivity contribution is 7.94. The van der Waals surface area contributed by atoms with E-state index in [2.05, 4.69) is 0 Å². The molecule has 0 aliphatic carbocycles. The van der Waals surface area contributed by atoms with Gasteiger partial charge in [-0.05, 0) is 44.6 Å². The van der Waals surface area contributed by atoms with Gasteiger partial charge in [-0.1, -0.05) is 6.92 Å². The van der Waals surface area contributed by atoms with E-state index in [1.165, 1.54) is 24.1 Å². The molecule has 2 heterocycles. The molecule has 31 heavy (non-hydrogen) atoms. The van der Waals surface area contributed by atoms with Crippen molar-refractivity contribution in [3.05, 3.63) is 16.3 Å². The normalized spacial score (nSPS) is 17.8. The van der Waals surface area contributed by atoms with E-state index < -0.39 is 39.5 Å². The highest BCUT2D eigenvalue weighted by Crippen LogP contribution is 2.36. The second kappa shape index (κ2) is 10.2. The Morgan fingerprint density at radius 1 is 1.39 bits per heavy atom. The van der Waals surface area contributed by atoms with Gasteiger partial charge in [-0.2, -0.15) is 25.9 Å². The molecule has 176 valence electrons. The standard InChI is InChI=1S/C18H25F3N2O6S2/c1-4-9-28-14-6-5-8-22(16(14)24)11-15-13(7-10-30-15)23(17(25)29-12(2)3)31(26,27)18(19,20)21/h7,10,12,14H,4-6,8-9,11H2,1-3H3. The third-order valence-corrected chi connectivity index (χ3v) is 6.62. The minimum atomic E-state index is -6.07. The van der Waals surface area contributed by atoms with Gasteiger partial charge in [0.2, 0.25) is 0 Å². The predicted molar refractivity (Wildman–Crippen MR) is 108 cm³/mol. The van der Waals surface area contributed by atoms with Crippen LogP contribution in [0.1, 0.15) is 44.9 Å². The summed E-state index contributed by atoms with van der Waals surface area (Å²) in [6.45, 7) is 5.24. The molecule has 2 amide bonds. The number of carbonyl (C=O) groups is 2. The lowest BCUT2D eigenvalue weighted by Gasteiger charge is -2.32. The van der Waals surface area contributed by atoms with Gasteiger partial charge in [0.1, 0.15) is 6.10 Å². The summed E-state index contributed by atoms with van der Waals surface area (Å²) in [6, 6.07) is 1.09. The van der Waals surface area contributed by atoms with Crippen LogP contribution in [0.4, 0.5) is 23.7 Å². The molecular formula is C18H25F3N2O6S2. The molecule has 1 aromatic rings. The van der Waals surface area contributed by atoms with Gasteiger partial charge >= 0.3 is 21.6 Å². The van der Waals surface area contributed by atoms with Crippen molar-refractivity contribution in [2.75, 3.05) is 17.5 Å². The molecule has 1 aliphatic heterocycles. The van der Waals surface area contributed by atoms with Crippen molar-refractivity contribution in [2.45, 2.75) is 64.3 Å². The Labute approximate surface area is 183 Å². The summed E-state index contributed by atoms with van der Waals surface area (Å²) in [6.07, 6.45) is -1.29. The lowest BCUT2D eigenvalue weighted by atomic mass is 10.1. The van der Waals surface area contributed by atoms with Crippen LogP contribution in [-0.2, 0) is 30.8 Å². The number of rotatable bonds is 8. The second-order valence-corrected chi connectivity index (χ2v) is 9.92. The van der Waals surface area contributed by atoms with Crippen molar-refractivity contribution < 1.29 is 40.7 Å². The number of ether oxygens (including phenoxy) is 2. The maximum Gasteiger partial charge on any atom is 0.517 e. The van der Waals surface area contributed by atoms with E-state index in [1.54, 1.807) is 0 Å². The number of nitrogens with zero attached hydrogens (tertiary/aromatic N) is 2. The lowest BCUT2D eigenvalue weighted by Crippen LogP contribution is -2.47. The zero-order chi connectivity index (χ0) is 23.4. The molecule has 1 atom stereocenters. The molecule has 1 aliphatic rings. The van der Waals surface area contributed by atoms with Crippen LogP contribution >= 0.6 is 11.3 Å². The molecule has 0 saturated carbocycles. The van der Waals surface area contributed by atoms with Crippen molar-refractivity contribution in [2.24, 2.45) is 0 Å². The van der Waals surface area contributed by atoms with E-state index >= 15 is 0 Å². The smallest absolute Gasteiger partial charge is 0.446 e. The Bertz CT molecular complexity index is 885. The summed E-state index contributed by atoms with van der Waals surface area (Å²) in [7, 11) is -6.07. The molecule has 0 spiro atoms. The first-order chi connectivity index (χ1) is 14.4. The Hall–Kier alpha value is -1.86. The number of alkyl halides is 3. The molecule has 0 radical (unpaired) electrons. The summed E-state index contributed by atoms with van der Waals surface area (Å²) in [5.74, 6) is -0.325. The number of amides is 2. The first kappa shape index (κ1) is 25.4. The average molecular weight is 487 g/mol. The first-order valence-corrected chi connectivity index (χ1v) is 12.0. The van der Waals surface area contributed by atoms with Gasteiger partial charge in [-0.3, -0.25) is 4.79 Å². The van der Waals surface area contributed by atoms with Gasteiger partial charge in [0.15, 0.2) is 0 Å². The number of sulfonamides is 1. The van der Waals surface area contributed by atoms with E-state index in [4.69, 9.17) is 9.47 Å². The third-order valence-electron chi connectivity index (χ3n) is 4.31. The zero-order valence-electron chi connectivity index (χ0n) is 17.3. The van der Waals surface area contributed by atoms with Crippen LogP contribution < -0.4 is 4.31 Å². The van der Waals surface area contributed by atoms with Crippen molar-refractivity contribution in [3.63, 3.8) is 0 Å². The molecule has 8 nitrogen and oxygen atoms in total. The monoisotopic (exact) mass is 486 g/mol. The highest BCUT2D eigenvalue weighted by atomic mass is 32.2. The summed E-state index contributed by atoms with van der Waals surface area (Å²) in [4.78, 5) is 26.5. The molecule has 1 saturated heterocycles. The maximum absolute atomic E-state index is 13.3. The average Bonchev–Trinajstić information content (AvgIpc) is 3.08. The Balaban J connectivity index is 2.37. The van der Waals surface area contributed by atoms with Crippen LogP contribution in [0.2, 0.25) is 0 Å². The summed E-state index contributed by atoms with van der Waals surface area (Å²) < 4.78 is 74.1. The molecular weight excluding hydrogens is 461 g/mol. The van der Waals surface area contributed by atoms with E-state index in [9.17, 15) is 31.2 Å². The molecule has 1 fully saturated rings. The van der Waals surface area contributed by atoms with Crippen molar-refractivity contribution in [1.29, 1.82) is 0 Å². The van der Waals surface area contributed by atoms with E-state index in [-0.39, 0.29) is 21.6 Å². The van der Waals surface area contributed by atoms with E-state index in [0.717, 1.165) is 23.8 Å². The maximum atomic E-state index is 13.3. The number of likely N-dealkylation sites (tertiary alicyclic amines) is 1. The fourth-order valence-corrected chi connectivity index (χ4v) is 4.77. The van der Waals surface area contributed by atoms with Gasteiger partial charge in [-0.25, -0.2) is 4.79 Å². The largest absolute Gasteiger partial charge is 0.517 e. The number of hydrogen-bond acceptors (Lipinski definition) is 7. The number of hydrogen-bond donors (Lipinski definition) is 0. The molecule has 13 heteroatoms. The molecule has 2 rings (SSSR count). The number of carbonyl (C=O) groups excluding carboxylic acids is 2. The Kier molecular flexibility index (Phi) is 8.34. The molecule has 1 unspecified atom stereocenters. The molecule has 0 N–H and O–H groups in total. The van der Waals surface area contributed by atoms with Crippen LogP contribution in [0.25, 0.3) is 0 Å². The fraction of sp³-hybridized carbons (Fsp3) is 0.667. The summed E-state index contributed by atoms with van der Waals surface area (Å²) in [5.41, 5.74) is -6.21. The van der Waals surface area contributed by atoms with Crippen LogP contribution in [-0.4, -0.2) is 56.2 Å². The Morgan fingerprint density at radius 3 is 2.65 bits per heavy atom. The van der Waals surface area contributed by atoms with E-state index in [1.807, 2.05) is 6.92 Å². The second-order valence-electron chi connectivity index (χ2n) is 7.14. The van der Waals surface area contributed by atoms with Gasteiger partial charge in [0.25, 0.3) is 5.91 Å². The van der Waals surface area contributed by atoms with Crippen molar-refractivity contribution >= 4 is 39.0 Å². The first-order valence-electron chi connectivity index (χ1n) is 9.69. The number of anilines is 1. The minimum absolute atomic E-state index is 0.109. The van der Waals surface area contributed by atoms with Crippen LogP contribution in [0.3, 0.4) is 0 Å². The predicted octanol–water partition coefficient (Wildman–Crippen LogP) is 3.87. The van der Waals surface area contributed by atoms with Gasteiger partial charge < -0.3 is 14.4 Å². The quantitative estimate of drug-likeness (QED) is 0.554. The SMILES string of the molecule is CCCOC1CCCN(Cc2sccc2N(C(=O)OC(C)C)S(=O)(=O)C(F)(F)F)C1=O. The lowest BCUT2D eigenvalue weighted by molar-refractivity contribution is -0.148. The molecule has 0 bridgehead atoms. The van der Waals surface area contributed by atoms with Crippen molar-refractivity contribution in [1.82, 2.24) is 4.90 Å². The van der Waals surface area contributed by atoms with Crippen LogP contribution in [0, 0.1) is 0 Å². The topological polar surface area (TPSA) is 93.2 Å². The number of halogens is 3. The summed E-state index contributed by atoms with van der Waals surface area (Å²) in [5, 5.41) is 1.35. The third kappa shape index (κ3) is 5.89. The van der Waals surface area contributed by atoms with Gasteiger partial charge in [0, 0.05) is 18.0 Å². The van der Waals surface area contributed by atoms with Gasteiger partial charge in [0.05, 0.1) is 18.3 Å². The van der Waals surface area contributed by atoms with Gasteiger partial charge in [-0.15, -0.1) is 11.3 Å². The molecule has 0 aromatic carbocycles. The van der Waals surface area contributed by atoms with Crippen LogP contribution in [0.15, 0.2) is 11.4 Å².